The first-order chi connectivity index (χ1) is 6.30. The first-order valence-electron chi connectivity index (χ1n) is 4.69. The maximum Gasteiger partial charge on any atom is 2.00 e. The molecule has 0 bridgehead atoms. The van der Waals surface area contributed by atoms with E-state index >= 15 is 0 Å². The van der Waals surface area contributed by atoms with E-state index in [1.807, 2.05) is 30.3 Å². The molecule has 0 nitrogen and oxygen atoms in total. The van der Waals surface area contributed by atoms with Gasteiger partial charge in [0.15, 0.2) is 0 Å². The smallest absolute Gasteiger partial charge is 0.214 e. The minimum Gasteiger partial charge on any atom is -0.214 e. The van der Waals surface area contributed by atoms with Crippen molar-refractivity contribution in [1.82, 2.24) is 0 Å². The first kappa shape index (κ1) is 13.3. The maximum atomic E-state index is 2.20. The van der Waals surface area contributed by atoms with Gasteiger partial charge in [-0.05, 0) is 0 Å². The van der Waals surface area contributed by atoms with E-state index in [0.29, 0.717) is 6.71 Å². The summed E-state index contributed by atoms with van der Waals surface area (Å²) in [6.45, 7) is 5.09. The molecule has 0 fully saturated rings. The van der Waals surface area contributed by atoms with E-state index in [-0.39, 0.29) is 17.1 Å². The Morgan fingerprint density at radius 1 is 0.929 bits per heavy atom. The van der Waals surface area contributed by atoms with Gasteiger partial charge in [-0.2, -0.15) is 35.8 Å². The van der Waals surface area contributed by atoms with Gasteiger partial charge in [-0.15, -0.1) is 0 Å². The molecule has 0 atom stereocenters. The van der Waals surface area contributed by atoms with Gasteiger partial charge in [-0.3, -0.25) is 0 Å². The molecule has 0 amide bonds. The van der Waals surface area contributed by atoms with E-state index in [1.54, 1.807) is 0 Å². The normalized spacial score (nSPS) is 8.14. The Labute approximate surface area is 97.6 Å². The van der Waals surface area contributed by atoms with Gasteiger partial charge in [0.1, 0.15) is 0 Å². The fourth-order valence-electron chi connectivity index (χ4n) is 1.09. The average Bonchev–Trinajstić information content (AvgIpc) is 2.82. The van der Waals surface area contributed by atoms with Gasteiger partial charge in [-0.1, -0.05) is 13.6 Å². The Kier molecular flexibility index (Phi) is 7.27. The van der Waals surface area contributed by atoms with Crippen LogP contribution in [0.5, 0.6) is 0 Å². The van der Waals surface area contributed by atoms with E-state index in [4.69, 9.17) is 0 Å². The zero-order chi connectivity index (χ0) is 9.52. The molecule has 0 radical (unpaired) electrons. The molecule has 0 aliphatic heterocycles. The molecule has 0 spiro atoms. The van der Waals surface area contributed by atoms with Crippen LogP contribution in [0.15, 0.2) is 54.6 Å². The van der Waals surface area contributed by atoms with Crippen molar-refractivity contribution in [3.63, 3.8) is 0 Å². The van der Waals surface area contributed by atoms with E-state index in [2.05, 4.69) is 37.9 Å². The number of hydrogen-bond donors (Lipinski definition) is 0. The van der Waals surface area contributed by atoms with Gasteiger partial charge in [0.2, 0.25) is 0 Å². The second kappa shape index (κ2) is 7.67. The van der Waals surface area contributed by atoms with Crippen molar-refractivity contribution in [2.24, 2.45) is 0 Å². The van der Waals surface area contributed by atoms with Crippen LogP contribution in [0.1, 0.15) is 0 Å². The first-order valence-corrected chi connectivity index (χ1v) is 4.69. The van der Waals surface area contributed by atoms with E-state index in [0.717, 1.165) is 0 Å². The van der Waals surface area contributed by atoms with Crippen molar-refractivity contribution in [3.05, 3.63) is 54.6 Å². The van der Waals surface area contributed by atoms with Crippen LogP contribution in [0.4, 0.5) is 0 Å². The third-order valence-corrected chi connectivity index (χ3v) is 1.91. The Bertz CT molecular complexity index is 265. The van der Waals surface area contributed by atoms with E-state index in [1.165, 1.54) is 5.46 Å². The molecular weight excluding hydrogens is 211 g/mol. The second-order valence-corrected chi connectivity index (χ2v) is 3.34. The maximum absolute atomic E-state index is 2.20. The molecule has 0 aromatic heterocycles. The van der Waals surface area contributed by atoms with Crippen LogP contribution in [0.2, 0.25) is 13.6 Å². The predicted molar refractivity (Wildman–Crippen MR) is 61.2 cm³/mol. The predicted octanol–water partition coefficient (Wildman–Crippen LogP) is 2.77. The van der Waals surface area contributed by atoms with Crippen LogP contribution < -0.4 is 5.46 Å². The van der Waals surface area contributed by atoms with Crippen LogP contribution in [-0.4, -0.2) is 6.71 Å². The minimum atomic E-state index is 0. The summed E-state index contributed by atoms with van der Waals surface area (Å²) in [6.07, 6.45) is 0. The molecule has 0 saturated heterocycles. The van der Waals surface area contributed by atoms with Crippen molar-refractivity contribution in [2.75, 3.05) is 0 Å². The molecule has 14 heavy (non-hydrogen) atoms. The summed E-state index contributed by atoms with van der Waals surface area (Å²) in [5.41, 5.74) is 1.44. The zero-order valence-electron chi connectivity index (χ0n) is 8.63. The Morgan fingerprint density at radius 2 is 1.43 bits per heavy atom. The van der Waals surface area contributed by atoms with Crippen molar-refractivity contribution < 1.29 is 17.1 Å². The molecular formula is C12H15BFe. The number of rotatable bonds is 1. The zero-order valence-corrected chi connectivity index (χ0v) is 9.73. The molecule has 0 aliphatic rings. The number of hydrogen-bond acceptors (Lipinski definition) is 0. The fraction of sp³-hybridized carbons (Fsp3) is 0.167. The van der Waals surface area contributed by atoms with Crippen LogP contribution in [-0.2, 0) is 17.1 Å². The standard InChI is InChI=1S/C7H10B.C5H5.Fe/c1-8(2)7-5-3-4-6-7;1-2-4-5-3-1;/h3-6H,1-2H3;1-5H;/q2*-1;+2. The monoisotopic (exact) mass is 226 g/mol. The van der Waals surface area contributed by atoms with Crippen LogP contribution in [0, 0.1) is 0 Å². The van der Waals surface area contributed by atoms with Crippen molar-refractivity contribution in [1.29, 1.82) is 0 Å². The molecule has 74 valence electrons. The van der Waals surface area contributed by atoms with Gasteiger partial charge in [0, 0.05) is 0 Å². The SMILES string of the molecule is CB(C)[c-]1cccc1.[Fe+2].c1cc[cH-]c1. The van der Waals surface area contributed by atoms with Crippen molar-refractivity contribution in [3.8, 4) is 0 Å². The molecule has 0 unspecified atom stereocenters. The van der Waals surface area contributed by atoms with Crippen LogP contribution >= 0.6 is 0 Å². The largest absolute Gasteiger partial charge is 2.00 e. The Balaban J connectivity index is 0.000000246. The topological polar surface area (TPSA) is 0 Å². The van der Waals surface area contributed by atoms with Crippen molar-refractivity contribution >= 4 is 12.2 Å². The summed E-state index contributed by atoms with van der Waals surface area (Å²) in [6, 6.07) is 18.5. The van der Waals surface area contributed by atoms with E-state index in [9.17, 15) is 0 Å². The summed E-state index contributed by atoms with van der Waals surface area (Å²) < 4.78 is 0. The third kappa shape index (κ3) is 5.11. The van der Waals surface area contributed by atoms with Crippen molar-refractivity contribution in [2.45, 2.75) is 13.6 Å². The Hall–Kier alpha value is -0.716. The molecule has 0 aliphatic carbocycles. The third-order valence-electron chi connectivity index (χ3n) is 1.91. The van der Waals surface area contributed by atoms with E-state index < -0.39 is 0 Å². The second-order valence-electron chi connectivity index (χ2n) is 3.34. The fourth-order valence-corrected chi connectivity index (χ4v) is 1.09. The van der Waals surface area contributed by atoms with Gasteiger partial charge in [-0.25, -0.2) is 24.3 Å². The molecule has 0 heterocycles. The quantitative estimate of drug-likeness (QED) is 0.518. The summed E-state index contributed by atoms with van der Waals surface area (Å²) >= 11 is 0. The van der Waals surface area contributed by atoms with Crippen LogP contribution in [0.3, 0.4) is 0 Å². The Morgan fingerprint density at radius 3 is 1.64 bits per heavy atom. The molecule has 2 aromatic carbocycles. The molecule has 2 aromatic rings. The molecule has 0 saturated carbocycles. The summed E-state index contributed by atoms with van der Waals surface area (Å²) in [7, 11) is 0. The molecule has 0 N–H and O–H groups in total. The van der Waals surface area contributed by atoms with Gasteiger partial charge < -0.3 is 0 Å². The van der Waals surface area contributed by atoms with Gasteiger partial charge in [0.25, 0.3) is 0 Å². The van der Waals surface area contributed by atoms with Gasteiger partial charge >= 0.3 is 17.1 Å². The summed E-state index contributed by atoms with van der Waals surface area (Å²) in [5.74, 6) is 0. The van der Waals surface area contributed by atoms with Gasteiger partial charge in [0.05, 0.1) is 6.71 Å². The average molecular weight is 226 g/mol. The summed E-state index contributed by atoms with van der Waals surface area (Å²) in [5, 5.41) is 0. The summed E-state index contributed by atoms with van der Waals surface area (Å²) in [4.78, 5) is 0. The molecule has 2 rings (SSSR count). The minimum absolute atomic E-state index is 0. The van der Waals surface area contributed by atoms with Crippen LogP contribution in [0.25, 0.3) is 0 Å². The molecule has 2 heteroatoms.